The lowest BCUT2D eigenvalue weighted by Gasteiger charge is -2.23. The first-order valence-corrected chi connectivity index (χ1v) is 5.85. The molecule has 12 heteroatoms. The minimum atomic E-state index is -1.26. The Bertz CT molecular complexity index is 397. The van der Waals surface area contributed by atoms with Crippen molar-refractivity contribution in [2.45, 2.75) is 0 Å². The third-order valence-corrected chi connectivity index (χ3v) is 2.29. The average Bonchev–Trinajstić information content (AvgIpc) is 2.33. The summed E-state index contributed by atoms with van der Waals surface area (Å²) < 4.78 is 0. The number of hydrogen-bond donors (Lipinski definition) is 4. The number of carboxylic acids is 3. The molecule has 0 aromatic rings. The molecule has 0 aromatic carbocycles. The molecule has 0 radical (unpaired) electrons. The van der Waals surface area contributed by atoms with Crippen LogP contribution in [0, 0.1) is 0 Å². The Balaban J connectivity index is 4.59. The second kappa shape index (κ2) is 10.4. The maximum Gasteiger partial charge on any atom is 0.359 e. The van der Waals surface area contributed by atoms with E-state index in [1.165, 1.54) is 0 Å². The standard InChI is InChI=1S/C10H16N2O10/c13-7(14)3-11(4-8(15)16)1-2-12(5-9(17)18)6-10(19)21-22-20/h20H,1-6H2,(H,13,14)(H,15,16)(H,17,18). The van der Waals surface area contributed by atoms with Crippen molar-refractivity contribution < 1.29 is 49.7 Å². The number of carbonyl (C=O) groups is 4. The maximum atomic E-state index is 11.1. The molecular weight excluding hydrogens is 308 g/mol. The largest absolute Gasteiger partial charge is 0.480 e. The van der Waals surface area contributed by atoms with Crippen LogP contribution in [0.5, 0.6) is 0 Å². The fourth-order valence-electron chi connectivity index (χ4n) is 1.54. The predicted molar refractivity (Wildman–Crippen MR) is 65.6 cm³/mol. The van der Waals surface area contributed by atoms with Crippen LogP contribution < -0.4 is 0 Å². The SMILES string of the molecule is O=C(O)CN(CCN(CC(=O)O)CC(=O)OOO)CC(=O)O. The monoisotopic (exact) mass is 324 g/mol. The molecule has 0 bridgehead atoms. The highest BCUT2D eigenvalue weighted by Crippen LogP contribution is 1.95. The van der Waals surface area contributed by atoms with E-state index >= 15 is 0 Å². The summed E-state index contributed by atoms with van der Waals surface area (Å²) in [6.45, 7) is -2.48. The zero-order valence-corrected chi connectivity index (χ0v) is 11.4. The Morgan fingerprint density at radius 3 is 1.41 bits per heavy atom. The van der Waals surface area contributed by atoms with Crippen molar-refractivity contribution in [2.24, 2.45) is 0 Å². The van der Waals surface area contributed by atoms with Gasteiger partial charge in [0.2, 0.25) is 0 Å². The second-order valence-electron chi connectivity index (χ2n) is 4.13. The maximum absolute atomic E-state index is 11.1. The fraction of sp³-hybridized carbons (Fsp3) is 0.600. The summed E-state index contributed by atoms with van der Waals surface area (Å²) in [6, 6.07) is 0. The van der Waals surface area contributed by atoms with Gasteiger partial charge in [-0.05, 0) is 5.04 Å². The molecule has 0 aliphatic rings. The lowest BCUT2D eigenvalue weighted by molar-refractivity contribution is -0.462. The molecule has 0 aliphatic carbocycles. The van der Waals surface area contributed by atoms with Gasteiger partial charge < -0.3 is 15.3 Å². The Morgan fingerprint density at radius 1 is 0.727 bits per heavy atom. The summed E-state index contributed by atoms with van der Waals surface area (Å²) >= 11 is 0. The number of aliphatic carboxylic acids is 3. The highest BCUT2D eigenvalue weighted by molar-refractivity contribution is 5.74. The molecule has 22 heavy (non-hydrogen) atoms. The van der Waals surface area contributed by atoms with Gasteiger partial charge in [0.05, 0.1) is 19.6 Å². The van der Waals surface area contributed by atoms with Crippen LogP contribution in [0.3, 0.4) is 0 Å². The van der Waals surface area contributed by atoms with E-state index in [0.717, 1.165) is 9.80 Å². The molecule has 126 valence electrons. The molecule has 0 spiro atoms. The summed E-state index contributed by atoms with van der Waals surface area (Å²) in [6.07, 6.45) is 0. The first kappa shape index (κ1) is 19.7. The smallest absolute Gasteiger partial charge is 0.359 e. The Labute approximate surface area is 123 Å². The third kappa shape index (κ3) is 10.5. The molecule has 0 saturated heterocycles. The van der Waals surface area contributed by atoms with Gasteiger partial charge in [-0.1, -0.05) is 0 Å². The van der Waals surface area contributed by atoms with Gasteiger partial charge in [-0.2, -0.15) is 0 Å². The number of hydrogen-bond acceptors (Lipinski definition) is 9. The minimum Gasteiger partial charge on any atom is -0.480 e. The summed E-state index contributed by atoms with van der Waals surface area (Å²) in [5, 5.41) is 37.1. The summed E-state index contributed by atoms with van der Waals surface area (Å²) in [5.41, 5.74) is 0. The summed E-state index contributed by atoms with van der Waals surface area (Å²) in [7, 11) is 0. The third-order valence-electron chi connectivity index (χ3n) is 2.29. The van der Waals surface area contributed by atoms with Gasteiger partial charge in [0.15, 0.2) is 0 Å². The van der Waals surface area contributed by atoms with Crippen LogP contribution >= 0.6 is 0 Å². The van der Waals surface area contributed by atoms with Gasteiger partial charge in [0, 0.05) is 13.1 Å². The van der Waals surface area contributed by atoms with Crippen LogP contribution in [0.1, 0.15) is 0 Å². The Kier molecular flexibility index (Phi) is 9.36. The van der Waals surface area contributed by atoms with Crippen molar-refractivity contribution in [1.82, 2.24) is 9.80 Å². The van der Waals surface area contributed by atoms with Gasteiger partial charge >= 0.3 is 23.9 Å². The van der Waals surface area contributed by atoms with Gasteiger partial charge in [-0.15, -0.1) is 0 Å². The Hall–Kier alpha value is -2.28. The molecular formula is C10H16N2O10. The average molecular weight is 324 g/mol. The van der Waals surface area contributed by atoms with E-state index in [1.807, 2.05) is 0 Å². The predicted octanol–water partition coefficient (Wildman–Crippen LogP) is -2.21. The van der Waals surface area contributed by atoms with Gasteiger partial charge in [-0.3, -0.25) is 29.1 Å². The second-order valence-corrected chi connectivity index (χ2v) is 4.13. The van der Waals surface area contributed by atoms with E-state index < -0.39 is 50.1 Å². The van der Waals surface area contributed by atoms with E-state index in [1.54, 1.807) is 0 Å². The highest BCUT2D eigenvalue weighted by atomic mass is 17.5. The Morgan fingerprint density at radius 2 is 1.09 bits per heavy atom. The lowest BCUT2D eigenvalue weighted by atomic mass is 10.4. The van der Waals surface area contributed by atoms with Crippen LogP contribution in [0.25, 0.3) is 0 Å². The van der Waals surface area contributed by atoms with E-state index in [0.29, 0.717) is 0 Å². The normalized spacial score (nSPS) is 10.7. The van der Waals surface area contributed by atoms with E-state index in [-0.39, 0.29) is 13.1 Å². The van der Waals surface area contributed by atoms with Gasteiger partial charge in [-0.25, -0.2) is 10.1 Å². The molecule has 0 heterocycles. The quantitative estimate of drug-likeness (QED) is 0.225. The van der Waals surface area contributed by atoms with Crippen molar-refractivity contribution in [1.29, 1.82) is 0 Å². The minimum absolute atomic E-state index is 0.112. The molecule has 0 rings (SSSR count). The van der Waals surface area contributed by atoms with Gasteiger partial charge in [0.1, 0.15) is 6.54 Å². The molecule has 0 unspecified atom stereocenters. The zero-order chi connectivity index (χ0) is 17.1. The molecule has 0 amide bonds. The number of carboxylic acid groups (broad SMARTS) is 3. The zero-order valence-electron chi connectivity index (χ0n) is 11.4. The van der Waals surface area contributed by atoms with Crippen molar-refractivity contribution >= 4 is 23.9 Å². The van der Waals surface area contributed by atoms with Crippen LogP contribution in [0.15, 0.2) is 0 Å². The highest BCUT2D eigenvalue weighted by Gasteiger charge is 2.19. The number of nitrogens with zero attached hydrogens (tertiary/aromatic N) is 2. The lowest BCUT2D eigenvalue weighted by Crippen LogP contribution is -2.43. The summed E-state index contributed by atoms with van der Waals surface area (Å²) in [5.74, 6) is -4.84. The molecule has 12 nitrogen and oxygen atoms in total. The molecule has 4 N–H and O–H groups in total. The van der Waals surface area contributed by atoms with E-state index in [9.17, 15) is 19.2 Å². The molecule has 0 atom stereocenters. The van der Waals surface area contributed by atoms with Crippen molar-refractivity contribution in [3.05, 3.63) is 0 Å². The first-order chi connectivity index (χ1) is 10.2. The molecule has 0 aliphatic heterocycles. The molecule has 0 fully saturated rings. The number of rotatable bonds is 12. The van der Waals surface area contributed by atoms with Crippen molar-refractivity contribution in [3.8, 4) is 0 Å². The van der Waals surface area contributed by atoms with Crippen LogP contribution in [0.2, 0.25) is 0 Å². The number of carbonyl (C=O) groups excluding carboxylic acids is 1. The fourth-order valence-corrected chi connectivity index (χ4v) is 1.54. The van der Waals surface area contributed by atoms with Crippen molar-refractivity contribution in [3.63, 3.8) is 0 Å². The van der Waals surface area contributed by atoms with Crippen LogP contribution in [-0.4, -0.2) is 93.5 Å². The first-order valence-electron chi connectivity index (χ1n) is 5.85. The van der Waals surface area contributed by atoms with Crippen LogP contribution in [-0.2, 0) is 29.1 Å². The molecule has 0 saturated carbocycles. The van der Waals surface area contributed by atoms with Crippen LogP contribution in [0.4, 0.5) is 0 Å². The molecule has 0 aromatic heterocycles. The topological polar surface area (TPSA) is 174 Å². The van der Waals surface area contributed by atoms with E-state index in [4.69, 9.17) is 20.6 Å². The van der Waals surface area contributed by atoms with Crippen molar-refractivity contribution in [2.75, 3.05) is 39.3 Å². The summed E-state index contributed by atoms with van der Waals surface area (Å²) in [4.78, 5) is 48.9. The van der Waals surface area contributed by atoms with E-state index in [2.05, 4.69) is 9.93 Å². The van der Waals surface area contributed by atoms with Gasteiger partial charge in [0.25, 0.3) is 0 Å².